The average Bonchev–Trinajstić information content (AvgIpc) is 2.61. The Hall–Kier alpha value is -2.81. The number of aryl methyl sites for hydroxylation is 1. The van der Waals surface area contributed by atoms with Gasteiger partial charge in [0, 0.05) is 28.8 Å². The summed E-state index contributed by atoms with van der Waals surface area (Å²) < 4.78 is 0. The second kappa shape index (κ2) is 5.76. The van der Waals surface area contributed by atoms with Crippen LogP contribution in [0.5, 0.6) is 0 Å². The van der Waals surface area contributed by atoms with Crippen LogP contribution in [-0.2, 0) is 0 Å². The molecule has 3 nitrogen and oxygen atoms in total. The maximum atomic E-state index is 4.85. The molecule has 3 heteroatoms. The van der Waals surface area contributed by atoms with Crippen molar-refractivity contribution in [1.29, 1.82) is 0 Å². The van der Waals surface area contributed by atoms with Gasteiger partial charge in [-0.1, -0.05) is 42.5 Å². The molecule has 0 aliphatic heterocycles. The van der Waals surface area contributed by atoms with Gasteiger partial charge in [-0.3, -0.25) is 4.98 Å². The van der Waals surface area contributed by atoms with Crippen LogP contribution in [0.15, 0.2) is 66.9 Å². The summed E-state index contributed by atoms with van der Waals surface area (Å²) in [4.78, 5) is 13.9. The minimum atomic E-state index is 0.256. The third-order valence-electron chi connectivity index (χ3n) is 4.11. The number of fused-ring (bicyclic) bond motifs is 1. The minimum Gasteiger partial charge on any atom is -0.256 e. The Bertz CT molecular complexity index is 920. The molecular weight excluding hydrogens is 282 g/mol. The van der Waals surface area contributed by atoms with Crippen molar-refractivity contribution in [1.82, 2.24) is 15.0 Å². The predicted octanol–water partition coefficient (Wildman–Crippen LogP) is 4.60. The molecule has 0 radical (unpaired) electrons. The number of aromatic nitrogens is 3. The molecule has 1 aromatic carbocycles. The number of hydrogen-bond donors (Lipinski definition) is 0. The summed E-state index contributed by atoms with van der Waals surface area (Å²) in [7, 11) is 0. The summed E-state index contributed by atoms with van der Waals surface area (Å²) in [6, 6.07) is 12.3. The van der Waals surface area contributed by atoms with E-state index in [9.17, 15) is 0 Å². The Morgan fingerprint density at radius 1 is 1.04 bits per heavy atom. The lowest BCUT2D eigenvalue weighted by Gasteiger charge is -2.14. The van der Waals surface area contributed by atoms with Crippen LogP contribution in [-0.4, -0.2) is 15.0 Å². The number of rotatable bonds is 2. The lowest BCUT2D eigenvalue weighted by Crippen LogP contribution is -2.05. The van der Waals surface area contributed by atoms with Crippen molar-refractivity contribution in [2.24, 2.45) is 0 Å². The van der Waals surface area contributed by atoms with Crippen molar-refractivity contribution in [2.45, 2.75) is 19.3 Å². The maximum absolute atomic E-state index is 4.85. The fraction of sp³-hybridized carbons (Fsp3) is 0.150. The normalized spacial score (nSPS) is 16.8. The number of nitrogens with zero attached hydrogens (tertiary/aromatic N) is 3. The van der Waals surface area contributed by atoms with E-state index in [1.165, 1.54) is 0 Å². The van der Waals surface area contributed by atoms with Gasteiger partial charge in [-0.2, -0.15) is 0 Å². The van der Waals surface area contributed by atoms with E-state index in [0.717, 1.165) is 40.1 Å². The van der Waals surface area contributed by atoms with Gasteiger partial charge in [-0.15, -0.1) is 0 Å². The molecule has 1 aliphatic rings. The highest BCUT2D eigenvalue weighted by Gasteiger charge is 2.15. The van der Waals surface area contributed by atoms with Crippen molar-refractivity contribution in [2.75, 3.05) is 0 Å². The molecule has 23 heavy (non-hydrogen) atoms. The summed E-state index contributed by atoms with van der Waals surface area (Å²) in [5, 5.41) is 1.12. The molecule has 2 aromatic heterocycles. The zero-order valence-corrected chi connectivity index (χ0v) is 13.0. The average molecular weight is 299 g/mol. The van der Waals surface area contributed by atoms with Gasteiger partial charge in [0.15, 0.2) is 0 Å². The van der Waals surface area contributed by atoms with E-state index >= 15 is 0 Å². The molecule has 3 aromatic rings. The molecule has 112 valence electrons. The van der Waals surface area contributed by atoms with Crippen LogP contribution in [0.25, 0.3) is 22.2 Å². The molecule has 0 fully saturated rings. The second-order valence-electron chi connectivity index (χ2n) is 5.78. The number of allylic oxidation sites excluding steroid dienone is 4. The predicted molar refractivity (Wildman–Crippen MR) is 93.1 cm³/mol. The van der Waals surface area contributed by atoms with Gasteiger partial charge in [0.05, 0.1) is 11.2 Å². The SMILES string of the molecule is Cc1cc(-c2ccnc3ccccc23)nc(C2C=CC=CC2)n1. The van der Waals surface area contributed by atoms with Crippen molar-refractivity contribution >= 4 is 10.9 Å². The van der Waals surface area contributed by atoms with E-state index in [2.05, 4.69) is 40.3 Å². The summed E-state index contributed by atoms with van der Waals surface area (Å²) >= 11 is 0. The first-order chi connectivity index (χ1) is 11.3. The van der Waals surface area contributed by atoms with E-state index in [1.54, 1.807) is 0 Å². The molecule has 1 unspecified atom stereocenters. The first-order valence-corrected chi connectivity index (χ1v) is 7.84. The van der Waals surface area contributed by atoms with Crippen LogP contribution in [0.2, 0.25) is 0 Å². The van der Waals surface area contributed by atoms with Gasteiger partial charge in [0.1, 0.15) is 5.82 Å². The lowest BCUT2D eigenvalue weighted by atomic mass is 9.99. The van der Waals surface area contributed by atoms with E-state index in [0.29, 0.717) is 0 Å². The Kier molecular flexibility index (Phi) is 3.46. The summed E-state index contributed by atoms with van der Waals surface area (Å²) in [5.41, 5.74) is 4.06. The highest BCUT2D eigenvalue weighted by atomic mass is 14.9. The summed E-state index contributed by atoms with van der Waals surface area (Å²) in [6.45, 7) is 2.03. The van der Waals surface area contributed by atoms with Crippen molar-refractivity contribution < 1.29 is 0 Å². The third-order valence-corrected chi connectivity index (χ3v) is 4.11. The van der Waals surface area contributed by atoms with Crippen molar-refractivity contribution in [3.63, 3.8) is 0 Å². The minimum absolute atomic E-state index is 0.256. The monoisotopic (exact) mass is 299 g/mol. The molecule has 2 heterocycles. The molecule has 0 N–H and O–H groups in total. The van der Waals surface area contributed by atoms with Crippen molar-refractivity contribution in [3.8, 4) is 11.3 Å². The van der Waals surface area contributed by atoms with Gasteiger partial charge in [-0.05, 0) is 31.5 Å². The van der Waals surface area contributed by atoms with Crippen LogP contribution in [0, 0.1) is 6.92 Å². The van der Waals surface area contributed by atoms with Crippen LogP contribution in [0.3, 0.4) is 0 Å². The summed E-state index contributed by atoms with van der Waals surface area (Å²) in [5.74, 6) is 1.15. The van der Waals surface area contributed by atoms with Gasteiger partial charge < -0.3 is 0 Å². The maximum Gasteiger partial charge on any atom is 0.136 e. The first kappa shape index (κ1) is 13.8. The van der Waals surface area contributed by atoms with Gasteiger partial charge in [0.2, 0.25) is 0 Å². The highest BCUT2D eigenvalue weighted by molar-refractivity contribution is 5.93. The standard InChI is InChI=1S/C20H17N3/c1-14-13-19(23-20(22-14)15-7-3-2-4-8-15)17-11-12-21-18-10-6-5-9-16(17)18/h2-7,9-13,15H,8H2,1H3. The quantitative estimate of drug-likeness (QED) is 0.694. The molecule has 4 rings (SSSR count). The van der Waals surface area contributed by atoms with E-state index in [1.807, 2.05) is 43.5 Å². The van der Waals surface area contributed by atoms with E-state index in [4.69, 9.17) is 4.98 Å². The first-order valence-electron chi connectivity index (χ1n) is 7.84. The van der Waals surface area contributed by atoms with Gasteiger partial charge in [-0.25, -0.2) is 9.97 Å². The van der Waals surface area contributed by atoms with Gasteiger partial charge >= 0.3 is 0 Å². The Morgan fingerprint density at radius 2 is 1.96 bits per heavy atom. The smallest absolute Gasteiger partial charge is 0.136 e. The molecule has 0 saturated heterocycles. The Labute approximate surface area is 135 Å². The molecule has 1 atom stereocenters. The third kappa shape index (κ3) is 2.66. The number of para-hydroxylation sites is 1. The number of pyridine rings is 1. The lowest BCUT2D eigenvalue weighted by molar-refractivity contribution is 0.766. The van der Waals surface area contributed by atoms with Gasteiger partial charge in [0.25, 0.3) is 0 Å². The molecular formula is C20H17N3. The molecule has 0 amide bonds. The van der Waals surface area contributed by atoms with E-state index < -0.39 is 0 Å². The zero-order chi connectivity index (χ0) is 15.6. The molecule has 0 spiro atoms. The van der Waals surface area contributed by atoms with Crippen LogP contribution in [0.4, 0.5) is 0 Å². The Morgan fingerprint density at radius 3 is 2.83 bits per heavy atom. The highest BCUT2D eigenvalue weighted by Crippen LogP contribution is 2.29. The second-order valence-corrected chi connectivity index (χ2v) is 5.78. The van der Waals surface area contributed by atoms with Crippen molar-refractivity contribution in [3.05, 3.63) is 78.4 Å². The summed E-state index contributed by atoms with van der Waals surface area (Å²) in [6.07, 6.45) is 11.3. The molecule has 0 saturated carbocycles. The van der Waals surface area contributed by atoms with E-state index in [-0.39, 0.29) is 5.92 Å². The number of hydrogen-bond acceptors (Lipinski definition) is 3. The zero-order valence-electron chi connectivity index (χ0n) is 13.0. The fourth-order valence-electron chi connectivity index (χ4n) is 2.99. The van der Waals surface area contributed by atoms with Crippen LogP contribution >= 0.6 is 0 Å². The number of benzene rings is 1. The fourth-order valence-corrected chi connectivity index (χ4v) is 2.99. The topological polar surface area (TPSA) is 38.7 Å². The largest absolute Gasteiger partial charge is 0.256 e. The van der Waals surface area contributed by atoms with Crippen LogP contribution in [0.1, 0.15) is 23.9 Å². The molecule has 0 bridgehead atoms. The molecule has 1 aliphatic carbocycles. The van der Waals surface area contributed by atoms with Crippen LogP contribution < -0.4 is 0 Å². The Balaban J connectivity index is 1.86.